The van der Waals surface area contributed by atoms with Crippen LogP contribution in [0.5, 0.6) is 0 Å². The zero-order valence-corrected chi connectivity index (χ0v) is 15.2. The van der Waals surface area contributed by atoms with Crippen LogP contribution < -0.4 is 5.32 Å². The van der Waals surface area contributed by atoms with E-state index in [1.165, 1.54) is 0 Å². The van der Waals surface area contributed by atoms with Crippen LogP contribution in [0.4, 0.5) is 9.93 Å². The number of oxime groups is 1. The summed E-state index contributed by atoms with van der Waals surface area (Å²) in [5.41, 5.74) is -1.58. The van der Waals surface area contributed by atoms with Gasteiger partial charge < -0.3 is 14.7 Å². The minimum absolute atomic E-state index is 0.0653. The molecule has 1 aliphatic rings. The van der Waals surface area contributed by atoms with Gasteiger partial charge in [-0.25, -0.2) is 14.6 Å². The van der Waals surface area contributed by atoms with E-state index in [2.05, 4.69) is 15.5 Å². The highest BCUT2D eigenvalue weighted by Gasteiger charge is 2.41. The van der Waals surface area contributed by atoms with Gasteiger partial charge in [0.1, 0.15) is 21.2 Å². The van der Waals surface area contributed by atoms with Gasteiger partial charge in [0, 0.05) is 0 Å². The lowest BCUT2D eigenvalue weighted by molar-refractivity contribution is -0.129. The van der Waals surface area contributed by atoms with Gasteiger partial charge in [0.25, 0.3) is 0 Å². The summed E-state index contributed by atoms with van der Waals surface area (Å²) in [6.07, 6.45) is 0.897. The topological polar surface area (TPSA) is 110 Å². The number of aromatic nitrogens is 1. The number of amides is 1. The largest absolute Gasteiger partial charge is 0.476 e. The Kier molecular flexibility index (Phi) is 5.05. The number of carbonyl (C=O) groups is 2. The number of nitrogens with one attached hydrogen (secondary N) is 1. The second kappa shape index (κ2) is 6.56. The van der Waals surface area contributed by atoms with Gasteiger partial charge in [-0.2, -0.15) is 0 Å². The highest BCUT2D eigenvalue weighted by atomic mass is 35.5. The van der Waals surface area contributed by atoms with Gasteiger partial charge in [0.15, 0.2) is 5.13 Å². The van der Waals surface area contributed by atoms with Crippen LogP contribution in [0.3, 0.4) is 0 Å². The molecule has 8 nitrogen and oxygen atoms in total. The number of carbonyl (C=O) groups excluding carboxylic acids is 1. The van der Waals surface area contributed by atoms with Crippen molar-refractivity contribution in [1.82, 2.24) is 4.98 Å². The fourth-order valence-electron chi connectivity index (χ4n) is 1.50. The van der Waals surface area contributed by atoms with Gasteiger partial charge in [0.2, 0.25) is 5.71 Å². The van der Waals surface area contributed by atoms with Crippen molar-refractivity contribution in [3.63, 3.8) is 0 Å². The molecule has 2 N–H and O–H groups in total. The second-order valence-electron chi connectivity index (χ2n) is 6.55. The molecule has 1 fully saturated rings. The predicted octanol–water partition coefficient (Wildman–Crippen LogP) is 3.50. The van der Waals surface area contributed by atoms with Crippen molar-refractivity contribution in [2.75, 3.05) is 5.32 Å². The molecule has 0 spiro atoms. The SMILES string of the molecule is CC(C)(C)OC(=O)Nc1nc(/C(=N/OC2(C)CC2)C(=O)O)c(Cl)s1. The molecule has 1 aromatic rings. The van der Waals surface area contributed by atoms with E-state index >= 15 is 0 Å². The van der Waals surface area contributed by atoms with Crippen molar-refractivity contribution >= 4 is 45.8 Å². The summed E-state index contributed by atoms with van der Waals surface area (Å²) in [5, 5.41) is 15.5. The van der Waals surface area contributed by atoms with Gasteiger partial charge in [-0.15, -0.1) is 0 Å². The van der Waals surface area contributed by atoms with E-state index in [-0.39, 0.29) is 15.2 Å². The number of hydrogen-bond acceptors (Lipinski definition) is 7. The zero-order valence-electron chi connectivity index (χ0n) is 13.7. The quantitative estimate of drug-likeness (QED) is 0.602. The van der Waals surface area contributed by atoms with E-state index in [9.17, 15) is 14.7 Å². The highest BCUT2D eigenvalue weighted by molar-refractivity contribution is 7.20. The van der Waals surface area contributed by atoms with E-state index in [0.717, 1.165) is 24.2 Å². The van der Waals surface area contributed by atoms with E-state index in [4.69, 9.17) is 21.2 Å². The lowest BCUT2D eigenvalue weighted by atomic mass is 10.2. The highest BCUT2D eigenvalue weighted by Crippen LogP contribution is 2.39. The number of carboxylic acids is 1. The monoisotopic (exact) mass is 375 g/mol. The van der Waals surface area contributed by atoms with Gasteiger partial charge in [-0.1, -0.05) is 28.1 Å². The van der Waals surface area contributed by atoms with Crippen LogP contribution in [0.1, 0.15) is 46.2 Å². The Balaban J connectivity index is 2.16. The number of rotatable bonds is 5. The van der Waals surface area contributed by atoms with Crippen LogP contribution in [-0.4, -0.2) is 39.1 Å². The molecule has 0 bridgehead atoms. The molecule has 10 heteroatoms. The third-order valence-electron chi connectivity index (χ3n) is 2.93. The first-order valence-electron chi connectivity index (χ1n) is 7.15. The summed E-state index contributed by atoms with van der Waals surface area (Å²) in [5.74, 6) is -1.32. The van der Waals surface area contributed by atoms with Crippen LogP contribution in [0.25, 0.3) is 0 Å². The van der Waals surface area contributed by atoms with Gasteiger partial charge in [-0.05, 0) is 40.5 Å². The molecular formula is C14H18ClN3O5S. The van der Waals surface area contributed by atoms with Gasteiger partial charge in [-0.3, -0.25) is 5.32 Å². The molecule has 1 aromatic heterocycles. The van der Waals surface area contributed by atoms with Crippen molar-refractivity contribution in [3.05, 3.63) is 10.0 Å². The fourth-order valence-corrected chi connectivity index (χ4v) is 2.53. The molecule has 0 saturated heterocycles. The summed E-state index contributed by atoms with van der Waals surface area (Å²) in [6.45, 7) is 6.99. The second-order valence-corrected chi connectivity index (χ2v) is 8.16. The average molecular weight is 376 g/mol. The summed E-state index contributed by atoms with van der Waals surface area (Å²) in [7, 11) is 0. The molecular weight excluding hydrogens is 358 g/mol. The number of aliphatic carboxylic acids is 1. The van der Waals surface area contributed by atoms with Crippen molar-refractivity contribution in [2.24, 2.45) is 5.16 Å². The van der Waals surface area contributed by atoms with Gasteiger partial charge in [0.05, 0.1) is 0 Å². The molecule has 0 aliphatic heterocycles. The van der Waals surface area contributed by atoms with Crippen LogP contribution in [0, 0.1) is 0 Å². The lowest BCUT2D eigenvalue weighted by Gasteiger charge is -2.18. The average Bonchev–Trinajstić information content (AvgIpc) is 3.02. The smallest absolute Gasteiger partial charge is 0.413 e. The Bertz CT molecular complexity index is 691. The first-order valence-corrected chi connectivity index (χ1v) is 8.35. The Labute approximate surface area is 147 Å². The summed E-state index contributed by atoms with van der Waals surface area (Å²) in [6, 6.07) is 0. The molecule has 0 unspecified atom stereocenters. The molecule has 0 radical (unpaired) electrons. The van der Waals surface area contributed by atoms with E-state index in [1.54, 1.807) is 20.8 Å². The molecule has 24 heavy (non-hydrogen) atoms. The number of hydrogen-bond donors (Lipinski definition) is 2. The molecule has 1 saturated carbocycles. The fraction of sp³-hybridized carbons (Fsp3) is 0.571. The maximum atomic E-state index is 11.7. The number of anilines is 1. The van der Waals surface area contributed by atoms with Crippen LogP contribution in [0.15, 0.2) is 5.16 Å². The van der Waals surface area contributed by atoms with Crippen molar-refractivity contribution < 1.29 is 24.3 Å². The third-order valence-corrected chi connectivity index (χ3v) is 4.10. The number of nitrogens with zero attached hydrogens (tertiary/aromatic N) is 2. The van der Waals surface area contributed by atoms with Crippen LogP contribution in [0.2, 0.25) is 4.34 Å². The van der Waals surface area contributed by atoms with Gasteiger partial charge >= 0.3 is 12.1 Å². The van der Waals surface area contributed by atoms with Crippen molar-refractivity contribution in [1.29, 1.82) is 0 Å². The molecule has 0 atom stereocenters. The summed E-state index contributed by atoms with van der Waals surface area (Å²) >= 11 is 6.94. The van der Waals surface area contributed by atoms with Crippen LogP contribution >= 0.6 is 22.9 Å². The van der Waals surface area contributed by atoms with E-state index in [1.807, 2.05) is 6.92 Å². The first-order chi connectivity index (χ1) is 11.0. The normalized spacial score (nSPS) is 16.5. The molecule has 132 valence electrons. The number of carboxylic acid groups (broad SMARTS) is 1. The van der Waals surface area contributed by atoms with Crippen molar-refractivity contribution in [2.45, 2.75) is 51.7 Å². The number of ether oxygens (including phenoxy) is 1. The van der Waals surface area contributed by atoms with Crippen LogP contribution in [-0.2, 0) is 14.4 Å². The van der Waals surface area contributed by atoms with Crippen molar-refractivity contribution in [3.8, 4) is 0 Å². The third kappa shape index (κ3) is 5.07. The predicted molar refractivity (Wildman–Crippen MR) is 89.9 cm³/mol. The molecule has 0 aromatic carbocycles. The zero-order chi connectivity index (χ0) is 18.1. The minimum atomic E-state index is -1.32. The standard InChI is InChI=1S/C14H18ClN3O5S/c1-13(2,3)22-12(21)17-11-16-7(9(15)24-11)8(10(19)20)18-23-14(4)5-6-14/h5-6H2,1-4H3,(H,19,20)(H,16,17,21)/b18-8-. The summed E-state index contributed by atoms with van der Waals surface area (Å²) < 4.78 is 5.18. The van der Waals surface area contributed by atoms with E-state index < -0.39 is 29.0 Å². The van der Waals surface area contributed by atoms with E-state index in [0.29, 0.717) is 0 Å². The lowest BCUT2D eigenvalue weighted by Crippen LogP contribution is -2.27. The molecule has 2 rings (SSSR count). The minimum Gasteiger partial charge on any atom is -0.476 e. The number of halogens is 1. The molecule has 1 amide bonds. The molecule has 1 heterocycles. The Morgan fingerprint density at radius 3 is 2.54 bits per heavy atom. The maximum absolute atomic E-state index is 11.7. The Morgan fingerprint density at radius 1 is 1.42 bits per heavy atom. The maximum Gasteiger partial charge on any atom is 0.413 e. The summed E-state index contributed by atoms with van der Waals surface area (Å²) in [4.78, 5) is 32.4. The Hall–Kier alpha value is -1.87. The molecule has 1 aliphatic carbocycles. The number of thiazole rings is 1. The first kappa shape index (κ1) is 18.5. The Morgan fingerprint density at radius 2 is 2.04 bits per heavy atom.